The zero-order valence-electron chi connectivity index (χ0n) is 27.4. The molecule has 0 aliphatic heterocycles. The third kappa shape index (κ3) is 6.00. The average Bonchev–Trinajstić information content (AvgIpc) is 3.71. The van der Waals surface area contributed by atoms with Crippen LogP contribution in [0.3, 0.4) is 0 Å². The first-order valence-electron chi connectivity index (χ1n) is 16.5. The summed E-state index contributed by atoms with van der Waals surface area (Å²) in [4.78, 5) is 19.3. The molecule has 5 aromatic heterocycles. The Morgan fingerprint density at radius 3 is 1.63 bits per heavy atom. The molecule has 0 aliphatic carbocycles. The van der Waals surface area contributed by atoms with Crippen molar-refractivity contribution < 1.29 is 0 Å². The Balaban J connectivity index is 0.952. The van der Waals surface area contributed by atoms with Gasteiger partial charge in [-0.1, -0.05) is 108 Å². The van der Waals surface area contributed by atoms with E-state index in [2.05, 4.69) is 52.7 Å². The largest absolute Gasteiger partial charge is 0.292 e. The first-order valence-corrected chi connectivity index (χ1v) is 18.1. The number of fused-ring (bicyclic) bond motifs is 3. The van der Waals surface area contributed by atoms with Crippen molar-refractivity contribution in [1.29, 1.82) is 10.8 Å². The van der Waals surface area contributed by atoms with Gasteiger partial charge in [-0.15, -0.1) is 10.2 Å². The van der Waals surface area contributed by atoms with Crippen molar-refractivity contribution in [3.05, 3.63) is 157 Å². The summed E-state index contributed by atoms with van der Waals surface area (Å²) in [6, 6.07) is 47.9. The maximum absolute atomic E-state index is 8.83. The van der Waals surface area contributed by atoms with Crippen molar-refractivity contribution >= 4 is 65.8 Å². The minimum Gasteiger partial charge on any atom is -0.292 e. The van der Waals surface area contributed by atoms with Crippen molar-refractivity contribution in [2.75, 3.05) is 0 Å². The summed E-state index contributed by atoms with van der Waals surface area (Å²) in [5.41, 5.74) is 6.47. The molecule has 10 heteroatoms. The van der Waals surface area contributed by atoms with E-state index in [0.717, 1.165) is 66.9 Å². The SMILES string of the molecule is N=C(SC(=N)c1ccc2ccc(-c3nnc(-c4cccc(-c5cccc6ccccc56)n4)s3)nc2n1)c1cccc(-c2cccc3ccccc23)n1. The predicted octanol–water partition coefficient (Wildman–Crippen LogP) is 10.3. The van der Waals surface area contributed by atoms with Crippen LogP contribution in [0.25, 0.3) is 76.5 Å². The number of nitrogens with one attached hydrogen (secondary N) is 2. The van der Waals surface area contributed by atoms with E-state index in [1.165, 1.54) is 11.3 Å². The van der Waals surface area contributed by atoms with Crippen molar-refractivity contribution in [3.63, 3.8) is 0 Å². The smallest absolute Gasteiger partial charge is 0.166 e. The van der Waals surface area contributed by atoms with Gasteiger partial charge in [-0.3, -0.25) is 10.8 Å². The van der Waals surface area contributed by atoms with Crippen LogP contribution < -0.4 is 0 Å². The van der Waals surface area contributed by atoms with Crippen LogP contribution in [0.1, 0.15) is 11.4 Å². The molecule has 0 atom stereocenters. The standard InChI is InChI=1S/C42H26N8S2/c43-38(34-19-7-17-32(45-34)30-15-5-11-25-9-1-3-13-28(25)30)51-39(44)35-23-21-27-22-24-37(48-40(27)47-35)42-50-49-41(52-42)36-20-8-18-33(46-36)31-16-6-12-26-10-2-4-14-29(26)31/h1-24,43-44H. The van der Waals surface area contributed by atoms with Gasteiger partial charge in [0.1, 0.15) is 21.5 Å². The van der Waals surface area contributed by atoms with Gasteiger partial charge in [-0.05, 0) is 81.8 Å². The van der Waals surface area contributed by atoms with Gasteiger partial charge in [0.25, 0.3) is 0 Å². The fraction of sp³-hybridized carbons (Fsp3) is 0. The molecule has 2 N–H and O–H groups in total. The number of hydrogen-bond acceptors (Lipinski definition) is 10. The molecule has 0 saturated carbocycles. The Labute approximate surface area is 306 Å². The van der Waals surface area contributed by atoms with Crippen molar-refractivity contribution in [3.8, 4) is 43.9 Å². The lowest BCUT2D eigenvalue weighted by molar-refractivity contribution is 1.08. The van der Waals surface area contributed by atoms with Crippen LogP contribution in [0.15, 0.2) is 146 Å². The number of hydrogen-bond donors (Lipinski definition) is 2. The zero-order valence-corrected chi connectivity index (χ0v) is 29.0. The zero-order chi connectivity index (χ0) is 35.0. The summed E-state index contributed by atoms with van der Waals surface area (Å²) in [7, 11) is 0. The molecule has 0 radical (unpaired) electrons. The summed E-state index contributed by atoms with van der Waals surface area (Å²) in [5.74, 6) is 0. The number of aromatic nitrogens is 6. The molecule has 0 saturated heterocycles. The average molecular weight is 707 g/mol. The summed E-state index contributed by atoms with van der Waals surface area (Å²) < 4.78 is 0. The molecular weight excluding hydrogens is 681 g/mol. The van der Waals surface area contributed by atoms with E-state index in [1.54, 1.807) is 12.1 Å². The van der Waals surface area contributed by atoms with Gasteiger partial charge in [-0.25, -0.2) is 19.9 Å². The highest BCUT2D eigenvalue weighted by Crippen LogP contribution is 2.33. The van der Waals surface area contributed by atoms with Crippen molar-refractivity contribution in [2.45, 2.75) is 0 Å². The summed E-state index contributed by atoms with van der Waals surface area (Å²) >= 11 is 2.43. The van der Waals surface area contributed by atoms with E-state index in [1.807, 2.05) is 91.0 Å². The lowest BCUT2D eigenvalue weighted by Gasteiger charge is -2.09. The maximum Gasteiger partial charge on any atom is 0.166 e. The Hall–Kier alpha value is -6.49. The molecule has 4 aromatic carbocycles. The first-order chi connectivity index (χ1) is 25.6. The summed E-state index contributed by atoms with van der Waals surface area (Å²) in [6.07, 6.45) is 0. The van der Waals surface area contributed by atoms with Crippen molar-refractivity contribution in [2.24, 2.45) is 0 Å². The van der Waals surface area contributed by atoms with E-state index in [9.17, 15) is 0 Å². The molecule has 9 rings (SSSR count). The quantitative estimate of drug-likeness (QED) is 0.130. The maximum atomic E-state index is 8.83. The number of thioether (sulfide) groups is 1. The van der Waals surface area contributed by atoms with Crippen molar-refractivity contribution in [1.82, 2.24) is 30.1 Å². The molecule has 246 valence electrons. The number of nitrogens with zero attached hydrogens (tertiary/aromatic N) is 6. The molecule has 9 aromatic rings. The Morgan fingerprint density at radius 1 is 0.423 bits per heavy atom. The monoisotopic (exact) mass is 706 g/mol. The van der Waals surface area contributed by atoms with Crippen LogP contribution in [-0.2, 0) is 0 Å². The van der Waals surface area contributed by atoms with E-state index in [4.69, 9.17) is 30.8 Å². The fourth-order valence-electron chi connectivity index (χ4n) is 6.19. The molecule has 0 fully saturated rings. The topological polar surface area (TPSA) is 125 Å². The second kappa shape index (κ2) is 13.3. The Kier molecular flexibility index (Phi) is 8.07. The molecule has 0 unspecified atom stereocenters. The fourth-order valence-corrected chi connectivity index (χ4v) is 7.62. The van der Waals surface area contributed by atoms with Gasteiger partial charge < -0.3 is 0 Å². The molecule has 0 aliphatic rings. The molecule has 8 nitrogen and oxygen atoms in total. The molecular formula is C42H26N8S2. The minimum absolute atomic E-state index is 0.131. The third-order valence-electron chi connectivity index (χ3n) is 8.71. The van der Waals surface area contributed by atoms with Gasteiger partial charge in [0, 0.05) is 16.5 Å². The Morgan fingerprint density at radius 2 is 0.942 bits per heavy atom. The second-order valence-corrected chi connectivity index (χ2v) is 14.0. The lowest BCUT2D eigenvalue weighted by Crippen LogP contribution is -2.06. The van der Waals surface area contributed by atoms with Crippen LogP contribution in [0.5, 0.6) is 0 Å². The molecule has 5 heterocycles. The van der Waals surface area contributed by atoms with Crippen LogP contribution in [0, 0.1) is 10.8 Å². The summed E-state index contributed by atoms with van der Waals surface area (Å²) in [5, 5.41) is 33.6. The van der Waals surface area contributed by atoms with E-state index < -0.39 is 0 Å². The van der Waals surface area contributed by atoms with Gasteiger partial charge >= 0.3 is 0 Å². The highest BCUT2D eigenvalue weighted by Gasteiger charge is 2.16. The van der Waals surface area contributed by atoms with Crippen LogP contribution in [0.4, 0.5) is 0 Å². The van der Waals surface area contributed by atoms with E-state index >= 15 is 0 Å². The highest BCUT2D eigenvalue weighted by molar-refractivity contribution is 8.27. The third-order valence-corrected chi connectivity index (χ3v) is 10.5. The number of pyridine rings is 4. The van der Waals surface area contributed by atoms with Gasteiger partial charge in [-0.2, -0.15) is 0 Å². The first kappa shape index (κ1) is 31.5. The van der Waals surface area contributed by atoms with Crippen LogP contribution in [0.2, 0.25) is 0 Å². The van der Waals surface area contributed by atoms with Crippen LogP contribution in [-0.4, -0.2) is 40.2 Å². The lowest BCUT2D eigenvalue weighted by atomic mass is 10.0. The normalized spacial score (nSPS) is 11.3. The molecule has 52 heavy (non-hydrogen) atoms. The second-order valence-electron chi connectivity index (χ2n) is 12.0. The Bertz CT molecular complexity index is 2840. The number of rotatable bonds is 6. The predicted molar refractivity (Wildman–Crippen MR) is 213 cm³/mol. The minimum atomic E-state index is 0.131. The van der Waals surface area contributed by atoms with E-state index in [0.29, 0.717) is 32.7 Å². The van der Waals surface area contributed by atoms with Gasteiger partial charge in [0.05, 0.1) is 22.8 Å². The number of benzene rings is 4. The molecule has 0 amide bonds. The van der Waals surface area contributed by atoms with E-state index in [-0.39, 0.29) is 10.1 Å². The highest BCUT2D eigenvalue weighted by atomic mass is 32.2. The van der Waals surface area contributed by atoms with Gasteiger partial charge in [0.2, 0.25) is 0 Å². The summed E-state index contributed by atoms with van der Waals surface area (Å²) in [6.45, 7) is 0. The molecule has 0 spiro atoms. The van der Waals surface area contributed by atoms with Crippen LogP contribution >= 0.6 is 23.1 Å². The van der Waals surface area contributed by atoms with Gasteiger partial charge in [0.15, 0.2) is 15.7 Å². The molecule has 0 bridgehead atoms.